The van der Waals surface area contributed by atoms with Crippen molar-refractivity contribution in [3.63, 3.8) is 0 Å². The van der Waals surface area contributed by atoms with Gasteiger partial charge in [0, 0.05) is 12.0 Å². The minimum absolute atomic E-state index is 0.00120. The Morgan fingerprint density at radius 3 is 3.10 bits per heavy atom. The molecule has 0 spiro atoms. The molecule has 0 aromatic carbocycles. The van der Waals surface area contributed by atoms with Gasteiger partial charge in [0.15, 0.2) is 5.76 Å². The summed E-state index contributed by atoms with van der Waals surface area (Å²) in [6.45, 7) is 0.628. The van der Waals surface area contributed by atoms with E-state index in [1.165, 1.54) is 17.6 Å². The second-order valence-corrected chi connectivity index (χ2v) is 5.55. The van der Waals surface area contributed by atoms with Gasteiger partial charge in [-0.15, -0.1) is 11.3 Å². The third-order valence-corrected chi connectivity index (χ3v) is 4.10. The summed E-state index contributed by atoms with van der Waals surface area (Å²) in [6, 6.07) is 3.19. The molecule has 2 aromatic rings. The van der Waals surface area contributed by atoms with Crippen molar-refractivity contribution < 1.29 is 18.7 Å². The Hall–Kier alpha value is -1.99. The summed E-state index contributed by atoms with van der Waals surface area (Å²) in [5, 5.41) is 5.04. The molecule has 110 valence electrons. The van der Waals surface area contributed by atoms with Crippen LogP contribution in [0.2, 0.25) is 0 Å². The molecule has 0 radical (unpaired) electrons. The van der Waals surface area contributed by atoms with E-state index in [4.69, 9.17) is 9.15 Å². The van der Waals surface area contributed by atoms with Gasteiger partial charge in [-0.3, -0.25) is 9.59 Å². The summed E-state index contributed by atoms with van der Waals surface area (Å²) >= 11 is 1.41. The molecule has 1 atom stereocenters. The van der Waals surface area contributed by atoms with Gasteiger partial charge in [-0.2, -0.15) is 0 Å². The molecule has 21 heavy (non-hydrogen) atoms. The largest absolute Gasteiger partial charge is 0.461 e. The Kier molecular flexibility index (Phi) is 4.12. The Morgan fingerprint density at radius 2 is 2.38 bits per heavy atom. The van der Waals surface area contributed by atoms with Crippen LogP contribution in [0.15, 0.2) is 28.2 Å². The lowest BCUT2D eigenvalue weighted by Gasteiger charge is -2.04. The fraction of sp³-hybridized carbons (Fsp3) is 0.357. The first-order chi connectivity index (χ1) is 10.2. The summed E-state index contributed by atoms with van der Waals surface area (Å²) in [5.74, 6) is -0.410. The number of thiazole rings is 1. The van der Waals surface area contributed by atoms with Crippen LogP contribution in [-0.4, -0.2) is 29.8 Å². The van der Waals surface area contributed by atoms with Crippen LogP contribution < -0.4 is 5.32 Å². The van der Waals surface area contributed by atoms with Crippen LogP contribution in [0.4, 0.5) is 0 Å². The highest BCUT2D eigenvalue weighted by molar-refractivity contribution is 7.09. The number of amides is 1. The molecular formula is C14H14N2O4S. The number of hydrogen-bond donors (Lipinski definition) is 1. The van der Waals surface area contributed by atoms with E-state index in [1.807, 2.05) is 0 Å². The number of ether oxygens (including phenoxy) is 1. The van der Waals surface area contributed by atoms with Crippen molar-refractivity contribution in [1.82, 2.24) is 10.3 Å². The summed E-state index contributed by atoms with van der Waals surface area (Å²) in [7, 11) is 0. The zero-order valence-electron chi connectivity index (χ0n) is 11.2. The number of furan rings is 1. The maximum absolute atomic E-state index is 12.0. The molecule has 1 aliphatic heterocycles. The normalized spacial score (nSPS) is 17.8. The molecular weight excluding hydrogens is 292 g/mol. The average molecular weight is 306 g/mol. The molecule has 2 aromatic heterocycles. The number of rotatable bonds is 5. The quantitative estimate of drug-likeness (QED) is 0.856. The summed E-state index contributed by atoms with van der Waals surface area (Å²) in [6.07, 6.45) is 3.37. The second kappa shape index (κ2) is 6.19. The lowest BCUT2D eigenvalue weighted by molar-refractivity contribution is 0.0888. The van der Waals surface area contributed by atoms with Gasteiger partial charge >= 0.3 is 0 Å². The SMILES string of the molecule is O=C(NCC(=O)c1ccco1)c1csc([C@H]2CCCO2)n1. The monoisotopic (exact) mass is 306 g/mol. The topological polar surface area (TPSA) is 81.4 Å². The molecule has 6 nitrogen and oxygen atoms in total. The van der Waals surface area contributed by atoms with Crippen molar-refractivity contribution in [1.29, 1.82) is 0 Å². The van der Waals surface area contributed by atoms with Gasteiger partial charge in [-0.25, -0.2) is 4.98 Å². The molecule has 0 bridgehead atoms. The second-order valence-electron chi connectivity index (χ2n) is 4.66. The molecule has 3 heterocycles. The van der Waals surface area contributed by atoms with E-state index in [-0.39, 0.29) is 30.1 Å². The third kappa shape index (κ3) is 3.20. The molecule has 1 amide bonds. The number of Topliss-reactive ketones (excluding diaryl/α,β-unsaturated/α-hetero) is 1. The predicted octanol–water partition coefficient (Wildman–Crippen LogP) is 2.20. The first-order valence-corrected chi connectivity index (χ1v) is 7.54. The maximum Gasteiger partial charge on any atom is 0.271 e. The van der Waals surface area contributed by atoms with Crippen molar-refractivity contribution in [3.05, 3.63) is 40.2 Å². The number of aromatic nitrogens is 1. The van der Waals surface area contributed by atoms with E-state index < -0.39 is 0 Å². The highest BCUT2D eigenvalue weighted by atomic mass is 32.1. The Morgan fingerprint density at radius 1 is 1.48 bits per heavy atom. The molecule has 1 N–H and O–H groups in total. The van der Waals surface area contributed by atoms with E-state index in [2.05, 4.69) is 10.3 Å². The standard InChI is InChI=1S/C14H14N2O4S/c17-10(11-3-1-5-19-11)7-15-13(18)9-8-21-14(16-9)12-4-2-6-20-12/h1,3,5,8,12H,2,4,6-7H2,(H,15,18)/t12-/m1/s1. The van der Waals surface area contributed by atoms with Crippen molar-refractivity contribution in [2.24, 2.45) is 0 Å². The number of carbonyl (C=O) groups excluding carboxylic acids is 2. The highest BCUT2D eigenvalue weighted by Crippen LogP contribution is 2.30. The summed E-state index contributed by atoms with van der Waals surface area (Å²) in [5.41, 5.74) is 0.317. The van der Waals surface area contributed by atoms with Gasteiger partial charge in [-0.05, 0) is 25.0 Å². The van der Waals surface area contributed by atoms with Gasteiger partial charge < -0.3 is 14.5 Å². The van der Waals surface area contributed by atoms with Gasteiger partial charge in [0.05, 0.1) is 12.8 Å². The molecule has 1 fully saturated rings. The molecule has 1 aliphatic rings. The maximum atomic E-state index is 12.0. The molecule has 1 saturated heterocycles. The summed E-state index contributed by atoms with van der Waals surface area (Å²) in [4.78, 5) is 27.9. The number of nitrogens with one attached hydrogen (secondary N) is 1. The Labute approximate surface area is 125 Å². The zero-order valence-corrected chi connectivity index (χ0v) is 12.0. The van der Waals surface area contributed by atoms with Crippen LogP contribution in [0.3, 0.4) is 0 Å². The van der Waals surface area contributed by atoms with Crippen molar-refractivity contribution in [2.45, 2.75) is 18.9 Å². The van der Waals surface area contributed by atoms with Gasteiger partial charge in [0.25, 0.3) is 5.91 Å². The average Bonchev–Trinajstić information content (AvgIpc) is 3.25. The zero-order chi connectivity index (χ0) is 14.7. The van der Waals surface area contributed by atoms with Crippen LogP contribution in [0.25, 0.3) is 0 Å². The smallest absolute Gasteiger partial charge is 0.271 e. The minimum Gasteiger partial charge on any atom is -0.461 e. The van der Waals surface area contributed by atoms with Crippen molar-refractivity contribution in [2.75, 3.05) is 13.2 Å². The Bertz CT molecular complexity index is 629. The van der Waals surface area contributed by atoms with Gasteiger partial charge in [0.2, 0.25) is 5.78 Å². The van der Waals surface area contributed by atoms with E-state index >= 15 is 0 Å². The number of ketones is 1. The predicted molar refractivity (Wildman–Crippen MR) is 75.4 cm³/mol. The third-order valence-electron chi connectivity index (χ3n) is 3.17. The fourth-order valence-electron chi connectivity index (χ4n) is 2.09. The Balaban J connectivity index is 1.57. The lowest BCUT2D eigenvalue weighted by atomic mass is 10.2. The first kappa shape index (κ1) is 14.0. The molecule has 0 unspecified atom stereocenters. The van der Waals surface area contributed by atoms with Crippen LogP contribution in [-0.2, 0) is 4.74 Å². The first-order valence-electron chi connectivity index (χ1n) is 6.66. The van der Waals surface area contributed by atoms with Crippen molar-refractivity contribution in [3.8, 4) is 0 Å². The fourth-order valence-corrected chi connectivity index (χ4v) is 2.97. The minimum atomic E-state index is -0.365. The summed E-state index contributed by atoms with van der Waals surface area (Å²) < 4.78 is 10.5. The lowest BCUT2D eigenvalue weighted by Crippen LogP contribution is -2.29. The van der Waals surface area contributed by atoms with Crippen molar-refractivity contribution >= 4 is 23.0 Å². The molecule has 0 aliphatic carbocycles. The van der Waals surface area contributed by atoms with E-state index in [0.717, 1.165) is 24.5 Å². The van der Waals surface area contributed by atoms with E-state index in [9.17, 15) is 9.59 Å². The molecule has 3 rings (SSSR count). The number of carbonyl (C=O) groups is 2. The van der Waals surface area contributed by atoms with Gasteiger partial charge in [-0.1, -0.05) is 0 Å². The molecule has 0 saturated carbocycles. The highest BCUT2D eigenvalue weighted by Gasteiger charge is 2.22. The van der Waals surface area contributed by atoms with Crippen LogP contribution in [0, 0.1) is 0 Å². The van der Waals surface area contributed by atoms with Crippen LogP contribution in [0.1, 0.15) is 45.0 Å². The van der Waals surface area contributed by atoms with Crippen LogP contribution in [0.5, 0.6) is 0 Å². The number of nitrogens with zero attached hydrogens (tertiary/aromatic N) is 1. The number of hydrogen-bond acceptors (Lipinski definition) is 6. The van der Waals surface area contributed by atoms with Gasteiger partial charge in [0.1, 0.15) is 16.8 Å². The molecule has 7 heteroatoms. The van der Waals surface area contributed by atoms with Crippen LogP contribution >= 0.6 is 11.3 Å². The van der Waals surface area contributed by atoms with E-state index in [0.29, 0.717) is 5.69 Å². The van der Waals surface area contributed by atoms with E-state index in [1.54, 1.807) is 17.5 Å².